The zero-order valence-electron chi connectivity index (χ0n) is 23.3. The molecule has 5 aliphatic carbocycles. The van der Waals surface area contributed by atoms with Gasteiger partial charge in [0.1, 0.15) is 16.8 Å². The lowest BCUT2D eigenvalue weighted by atomic mass is 9.44. The summed E-state index contributed by atoms with van der Waals surface area (Å²) >= 11 is 0. The predicted molar refractivity (Wildman–Crippen MR) is 142 cm³/mol. The van der Waals surface area contributed by atoms with Gasteiger partial charge in [-0.2, -0.15) is 0 Å². The summed E-state index contributed by atoms with van der Waals surface area (Å²) in [6.45, 7) is 3.47. The molecule has 4 N–H and O–H groups in total. The van der Waals surface area contributed by atoms with Crippen LogP contribution >= 0.6 is 0 Å². The summed E-state index contributed by atoms with van der Waals surface area (Å²) in [6.07, 6.45) is 2.17. The number of rotatable bonds is 6. The highest BCUT2D eigenvalue weighted by Crippen LogP contribution is 2.79. The zero-order chi connectivity index (χ0) is 27.5. The third-order valence-corrected chi connectivity index (χ3v) is 12.4. The Morgan fingerprint density at radius 1 is 1.10 bits per heavy atom. The minimum Gasteiger partial charge on any atom is -0.454 e. The van der Waals surface area contributed by atoms with E-state index in [1.54, 1.807) is 39.5 Å². The number of hydrogen-bond donors (Lipinski definition) is 3. The van der Waals surface area contributed by atoms with Crippen LogP contribution in [-0.2, 0) is 18.9 Å². The summed E-state index contributed by atoms with van der Waals surface area (Å²) in [5, 5.41) is 25.6. The molecule has 1 heterocycles. The van der Waals surface area contributed by atoms with Gasteiger partial charge in [0.2, 0.25) is 0 Å². The van der Waals surface area contributed by atoms with E-state index in [4.69, 9.17) is 24.7 Å². The summed E-state index contributed by atoms with van der Waals surface area (Å²) in [7, 11) is 5.09. The number of ether oxygens (including phenoxy) is 4. The summed E-state index contributed by atoms with van der Waals surface area (Å²) in [5.41, 5.74) is 2.84. The highest BCUT2D eigenvalue weighted by molar-refractivity contribution is 5.95. The number of likely N-dealkylation sites (N-methyl/N-ethyl adjacent to an activating group) is 1. The fourth-order valence-corrected chi connectivity index (χ4v) is 11.3. The lowest BCUT2D eigenvalue weighted by Crippen LogP contribution is -2.83. The molecule has 5 saturated carbocycles. The first-order valence-electron chi connectivity index (χ1n) is 14.5. The second-order valence-electron chi connectivity index (χ2n) is 13.0. The number of nitrogens with zero attached hydrogens (tertiary/aromatic N) is 1. The third-order valence-electron chi connectivity index (χ3n) is 12.4. The average molecular weight is 543 g/mol. The number of hydrogen-bond acceptors (Lipinski definition) is 9. The van der Waals surface area contributed by atoms with Gasteiger partial charge in [-0.1, -0.05) is 19.1 Å². The highest BCUT2D eigenvalue weighted by atomic mass is 16.6. The third kappa shape index (κ3) is 2.80. The number of nitrogens with two attached hydrogens (primary N) is 1. The van der Waals surface area contributed by atoms with Crippen molar-refractivity contribution < 1.29 is 34.0 Å². The molecule has 1 aliphatic heterocycles. The number of methoxy groups -OCH3 is 3. The molecule has 0 radical (unpaired) electrons. The van der Waals surface area contributed by atoms with Gasteiger partial charge in [0.25, 0.3) is 0 Å². The quantitative estimate of drug-likeness (QED) is 0.365. The summed E-state index contributed by atoms with van der Waals surface area (Å²) in [4.78, 5) is 16.1. The molecule has 7 rings (SSSR count). The smallest absolute Gasteiger partial charge is 0.340 e. The van der Waals surface area contributed by atoms with Crippen molar-refractivity contribution in [2.75, 3.05) is 40.2 Å². The molecule has 39 heavy (non-hydrogen) atoms. The number of piperidine rings is 1. The Hall–Kier alpha value is -1.75. The molecule has 0 amide bonds. The van der Waals surface area contributed by atoms with Crippen LogP contribution in [0.5, 0.6) is 0 Å². The Morgan fingerprint density at radius 2 is 1.87 bits per heavy atom. The molecule has 214 valence electrons. The molecular formula is C30H42N2O7. The largest absolute Gasteiger partial charge is 0.454 e. The summed E-state index contributed by atoms with van der Waals surface area (Å²) in [6, 6.07) is 7.04. The predicted octanol–water partition coefficient (Wildman–Crippen LogP) is 1.85. The first-order chi connectivity index (χ1) is 18.7. The van der Waals surface area contributed by atoms with Crippen molar-refractivity contribution in [3.63, 3.8) is 0 Å². The van der Waals surface area contributed by atoms with Crippen LogP contribution < -0.4 is 5.73 Å². The van der Waals surface area contributed by atoms with Gasteiger partial charge in [0.05, 0.1) is 23.9 Å². The van der Waals surface area contributed by atoms with E-state index in [0.717, 1.165) is 6.54 Å². The minimum atomic E-state index is -1.44. The molecule has 6 fully saturated rings. The maximum atomic E-state index is 13.7. The van der Waals surface area contributed by atoms with Crippen molar-refractivity contribution >= 4 is 11.7 Å². The molecule has 7 bridgehead atoms. The number of nitrogen functional groups attached to an aromatic ring is 1. The number of fused-ring (bicyclic) bond motifs is 2. The van der Waals surface area contributed by atoms with Gasteiger partial charge < -0.3 is 34.9 Å². The molecule has 6 aliphatic rings. The number of carbonyl (C=O) groups excluding carboxylic acids is 1. The Labute approximate surface area is 229 Å². The van der Waals surface area contributed by atoms with E-state index in [1.807, 2.05) is 6.07 Å². The van der Waals surface area contributed by atoms with E-state index < -0.39 is 34.3 Å². The molecule has 12 atom stereocenters. The Balaban J connectivity index is 1.42. The maximum absolute atomic E-state index is 13.7. The van der Waals surface area contributed by atoms with Crippen LogP contribution in [0.15, 0.2) is 24.3 Å². The first-order valence-corrected chi connectivity index (χ1v) is 14.5. The van der Waals surface area contributed by atoms with E-state index in [0.29, 0.717) is 49.9 Å². The topological polar surface area (TPSA) is 124 Å². The fourth-order valence-electron chi connectivity index (χ4n) is 11.3. The Morgan fingerprint density at radius 3 is 2.54 bits per heavy atom. The second-order valence-corrected chi connectivity index (χ2v) is 13.0. The number of anilines is 1. The van der Waals surface area contributed by atoms with Crippen molar-refractivity contribution in [3.05, 3.63) is 29.8 Å². The highest BCUT2D eigenvalue weighted by Gasteiger charge is 2.89. The van der Waals surface area contributed by atoms with Gasteiger partial charge in [0, 0.05) is 75.1 Å². The van der Waals surface area contributed by atoms with E-state index in [2.05, 4.69) is 11.8 Å². The van der Waals surface area contributed by atoms with Gasteiger partial charge >= 0.3 is 5.97 Å². The van der Waals surface area contributed by atoms with Crippen LogP contribution in [0.4, 0.5) is 5.69 Å². The molecule has 1 aromatic rings. The number of para-hydroxylation sites is 1. The standard InChI is InChI=1S/C30H42N2O7/c1-5-32-15-27(39-26(33)16-8-6-7-9-19(16)31)11-10-23(37-3)29-21(27)13-18(24(29)32)28(34)14-20(36-2)17-12-22(29)30(28,35)25(17)38-4/h6-9,17-18,20-25,34-35H,5,10-15,31H2,1-4H3/t17-,18+,20+,21-,22?,23+,24?,25+,27-,28+,29+,30+/m1/s1. The monoisotopic (exact) mass is 542 g/mol. The van der Waals surface area contributed by atoms with Crippen molar-refractivity contribution in [1.29, 1.82) is 0 Å². The van der Waals surface area contributed by atoms with Crippen molar-refractivity contribution in [2.45, 2.75) is 80.2 Å². The van der Waals surface area contributed by atoms with Gasteiger partial charge in [-0.3, -0.25) is 4.90 Å². The average Bonchev–Trinajstić information content (AvgIpc) is 3.35. The number of benzene rings is 1. The number of carbonyl (C=O) groups is 1. The SMILES string of the molecule is CCN1C[C@]2(OC(=O)c3ccccc3N)CC[C@H](OC)[C@]34C1[C@H](C[C@H]23)[C@@]1(O)C[C@H](OC)[C@H]2CC4[C@]1(O)[C@H]2OC. The van der Waals surface area contributed by atoms with E-state index >= 15 is 0 Å². The Bertz CT molecular complexity index is 1180. The van der Waals surface area contributed by atoms with Crippen LogP contribution in [0.3, 0.4) is 0 Å². The van der Waals surface area contributed by atoms with Crippen LogP contribution in [0.25, 0.3) is 0 Å². The Kier molecular flexibility index (Phi) is 5.63. The number of likely N-dealkylation sites (tertiary alicyclic amines) is 1. The van der Waals surface area contributed by atoms with Crippen LogP contribution in [0, 0.1) is 29.1 Å². The van der Waals surface area contributed by atoms with Crippen LogP contribution in [0.1, 0.15) is 49.4 Å². The lowest BCUT2D eigenvalue weighted by Gasteiger charge is -2.70. The summed E-state index contributed by atoms with van der Waals surface area (Å²) < 4.78 is 24.9. The van der Waals surface area contributed by atoms with Gasteiger partial charge in [-0.15, -0.1) is 0 Å². The molecule has 9 heteroatoms. The van der Waals surface area contributed by atoms with Gasteiger partial charge in [-0.05, 0) is 44.4 Å². The normalized spacial score (nSPS) is 51.1. The van der Waals surface area contributed by atoms with Crippen LogP contribution in [-0.4, -0.2) is 96.7 Å². The molecule has 1 saturated heterocycles. The van der Waals surface area contributed by atoms with Gasteiger partial charge in [0.15, 0.2) is 0 Å². The molecule has 9 nitrogen and oxygen atoms in total. The minimum absolute atomic E-state index is 0.00601. The molecule has 2 unspecified atom stereocenters. The van der Waals surface area contributed by atoms with Crippen LogP contribution in [0.2, 0.25) is 0 Å². The van der Waals surface area contributed by atoms with E-state index in [-0.39, 0.29) is 41.9 Å². The van der Waals surface area contributed by atoms with E-state index in [1.165, 1.54) is 0 Å². The number of esters is 1. The first kappa shape index (κ1) is 26.2. The van der Waals surface area contributed by atoms with Crippen molar-refractivity contribution in [3.8, 4) is 0 Å². The lowest BCUT2D eigenvalue weighted by molar-refractivity contribution is -0.337. The molecule has 0 aromatic heterocycles. The van der Waals surface area contributed by atoms with E-state index in [9.17, 15) is 15.0 Å². The fraction of sp³-hybridized carbons (Fsp3) is 0.767. The zero-order valence-corrected chi connectivity index (χ0v) is 23.3. The second kappa shape index (κ2) is 8.39. The molecule has 1 spiro atoms. The maximum Gasteiger partial charge on any atom is 0.340 e. The van der Waals surface area contributed by atoms with Crippen molar-refractivity contribution in [2.24, 2.45) is 29.1 Å². The van der Waals surface area contributed by atoms with Gasteiger partial charge in [-0.25, -0.2) is 4.79 Å². The summed E-state index contributed by atoms with van der Waals surface area (Å²) in [5.74, 6) is -1.06. The number of aliphatic hydroxyl groups is 2. The molecular weight excluding hydrogens is 500 g/mol. The van der Waals surface area contributed by atoms with Crippen molar-refractivity contribution in [1.82, 2.24) is 4.90 Å². The molecule has 1 aromatic carbocycles.